The van der Waals surface area contributed by atoms with Gasteiger partial charge in [-0.1, -0.05) is 40.3 Å². The van der Waals surface area contributed by atoms with Crippen LogP contribution in [-0.4, -0.2) is 13.7 Å². The average Bonchev–Trinajstić information content (AvgIpc) is 2.34. The minimum absolute atomic E-state index is 1.11. The molecule has 2 heteroatoms. The molecule has 1 radical (unpaired) electrons. The summed E-state index contributed by atoms with van der Waals surface area (Å²) in [4.78, 5) is 4.65. The van der Waals surface area contributed by atoms with Gasteiger partial charge in [-0.15, -0.1) is 0 Å². The number of benzene rings is 2. The maximum Gasteiger partial charge on any atom is 0.526 e. The van der Waals surface area contributed by atoms with Crippen molar-refractivity contribution in [1.29, 1.82) is 0 Å². The highest BCUT2D eigenvalue weighted by Crippen LogP contribution is 2.24. The van der Waals surface area contributed by atoms with Crippen LogP contribution in [-0.2, 0) is 0 Å². The Bertz CT molecular complexity index is 621. The molecule has 21 heavy (non-hydrogen) atoms. The molecule has 0 saturated carbocycles. The van der Waals surface area contributed by atoms with Crippen LogP contribution >= 0.6 is 0 Å². The summed E-state index contributed by atoms with van der Waals surface area (Å²) < 4.78 is 0. The van der Waals surface area contributed by atoms with Gasteiger partial charge in [0.1, 0.15) is 0 Å². The first-order chi connectivity index (χ1) is 9.85. The molecule has 0 aliphatic rings. The first-order valence-corrected chi connectivity index (χ1v) is 7.48. The maximum atomic E-state index is 4.65. The Morgan fingerprint density at radius 3 is 1.19 bits per heavy atom. The second-order valence-corrected chi connectivity index (χ2v) is 6.12. The summed E-state index contributed by atoms with van der Waals surface area (Å²) >= 11 is 0. The Kier molecular flexibility index (Phi) is 4.36. The lowest BCUT2D eigenvalue weighted by molar-refractivity contribution is 1.26. The van der Waals surface area contributed by atoms with Crippen molar-refractivity contribution in [3.05, 3.63) is 68.8 Å². The van der Waals surface area contributed by atoms with E-state index in [1.54, 1.807) is 0 Å². The van der Waals surface area contributed by atoms with Gasteiger partial charge in [0, 0.05) is 0 Å². The SMILES string of the molecule is B[N+]=C(c1c(C)cc(C)cc1C)c1c(C)cc(C)cc1C. The number of rotatable bonds is 2. The molecular weight excluding hydrogens is 253 g/mol. The monoisotopic (exact) mass is 277 g/mol. The van der Waals surface area contributed by atoms with Gasteiger partial charge in [-0.3, -0.25) is 0 Å². The quantitative estimate of drug-likeness (QED) is 0.591. The predicted molar refractivity (Wildman–Crippen MR) is 95.2 cm³/mol. The van der Waals surface area contributed by atoms with Gasteiger partial charge in [0.05, 0.1) is 11.1 Å². The molecule has 0 aliphatic heterocycles. The first kappa shape index (κ1) is 15.6. The van der Waals surface area contributed by atoms with Crippen LogP contribution < -0.4 is 4.90 Å². The summed E-state index contributed by atoms with van der Waals surface area (Å²) in [5.41, 5.74) is 11.5. The van der Waals surface area contributed by atoms with Gasteiger partial charge in [0.15, 0.2) is 0 Å². The minimum atomic E-state index is 1.11. The molecule has 0 amide bonds. The zero-order valence-electron chi connectivity index (χ0n) is 14.3. The van der Waals surface area contributed by atoms with Crippen molar-refractivity contribution in [2.24, 2.45) is 0 Å². The topological polar surface area (TPSA) is 14.1 Å². The van der Waals surface area contributed by atoms with E-state index in [9.17, 15) is 0 Å². The van der Waals surface area contributed by atoms with E-state index in [4.69, 9.17) is 0 Å². The molecule has 0 spiro atoms. The van der Waals surface area contributed by atoms with Crippen LogP contribution in [0, 0.1) is 41.5 Å². The first-order valence-electron chi connectivity index (χ1n) is 7.48. The summed E-state index contributed by atoms with van der Waals surface area (Å²) in [6.45, 7) is 13.0. The molecule has 0 aromatic heterocycles. The van der Waals surface area contributed by atoms with E-state index >= 15 is 0 Å². The van der Waals surface area contributed by atoms with E-state index in [0.717, 1.165) is 5.71 Å². The van der Waals surface area contributed by atoms with Crippen LogP contribution in [0.5, 0.6) is 0 Å². The van der Waals surface area contributed by atoms with Gasteiger partial charge in [-0.25, -0.2) is 0 Å². The van der Waals surface area contributed by atoms with Gasteiger partial charge in [0.2, 0.25) is 0 Å². The summed E-state index contributed by atoms with van der Waals surface area (Å²) in [5.74, 6) is 0. The van der Waals surface area contributed by atoms with Crippen molar-refractivity contribution in [3.8, 4) is 0 Å². The van der Waals surface area contributed by atoms with Crippen molar-refractivity contribution in [2.45, 2.75) is 41.5 Å². The van der Waals surface area contributed by atoms with Crippen LogP contribution in [0.4, 0.5) is 0 Å². The molecule has 107 valence electrons. The summed E-state index contributed by atoms with van der Waals surface area (Å²) in [5, 5.41) is 0. The van der Waals surface area contributed by atoms with Crippen molar-refractivity contribution < 1.29 is 0 Å². The molecule has 0 unspecified atom stereocenters. The molecule has 2 aromatic rings. The highest BCUT2D eigenvalue weighted by atomic mass is 14.6. The van der Waals surface area contributed by atoms with Gasteiger partial charge < -0.3 is 0 Å². The lowest BCUT2D eigenvalue weighted by Gasteiger charge is -2.13. The average molecular weight is 277 g/mol. The van der Waals surface area contributed by atoms with Crippen LogP contribution in [0.2, 0.25) is 0 Å². The predicted octanol–water partition coefficient (Wildman–Crippen LogP) is 3.26. The normalized spacial score (nSPS) is 10.6. The van der Waals surface area contributed by atoms with Crippen LogP contribution in [0.3, 0.4) is 0 Å². The molecule has 1 nitrogen and oxygen atoms in total. The third-order valence-corrected chi connectivity index (χ3v) is 4.05. The molecular formula is C19H24BN+. The van der Waals surface area contributed by atoms with E-state index in [2.05, 4.69) is 70.7 Å². The zero-order chi connectivity index (χ0) is 15.7. The van der Waals surface area contributed by atoms with Crippen molar-refractivity contribution in [1.82, 2.24) is 4.90 Å². The second-order valence-electron chi connectivity index (χ2n) is 6.12. The van der Waals surface area contributed by atoms with E-state index in [0.29, 0.717) is 0 Å². The zero-order valence-corrected chi connectivity index (χ0v) is 14.3. The maximum absolute atomic E-state index is 4.65. The van der Waals surface area contributed by atoms with Crippen molar-refractivity contribution in [2.75, 3.05) is 0 Å². The summed E-state index contributed by atoms with van der Waals surface area (Å²) in [7, 11) is 1.90. The van der Waals surface area contributed by atoms with Crippen LogP contribution in [0.15, 0.2) is 24.3 Å². The summed E-state index contributed by atoms with van der Waals surface area (Å²) in [6, 6.07) is 8.97. The standard InChI is InChI=1S/C19H24BN/c1-11-7-13(3)17(14(4)8-11)19(21-20)18-15(5)9-12(2)10-16(18)6/h7-10H,20H2,1-6H3/q+1. The number of nitrogens with zero attached hydrogens (tertiary/aromatic N) is 1. The molecule has 0 heterocycles. The third kappa shape index (κ3) is 2.95. The third-order valence-electron chi connectivity index (χ3n) is 4.05. The van der Waals surface area contributed by atoms with Gasteiger partial charge >= 0.3 is 7.98 Å². The molecule has 0 saturated heterocycles. The largest absolute Gasteiger partial charge is 0.526 e. The Balaban J connectivity index is 2.73. The molecule has 0 aliphatic carbocycles. The number of aryl methyl sites for hydroxylation is 6. The molecule has 2 rings (SSSR count). The highest BCUT2D eigenvalue weighted by molar-refractivity contribution is 6.23. The van der Waals surface area contributed by atoms with Gasteiger partial charge in [0.25, 0.3) is 5.71 Å². The number of hydrogen-bond acceptors (Lipinski definition) is 1. The Hall–Kier alpha value is -1.83. The fraction of sp³-hybridized carbons (Fsp3) is 0.316. The number of hydrogen-bond donors (Lipinski definition) is 0. The Morgan fingerprint density at radius 1 is 0.667 bits per heavy atom. The minimum Gasteiger partial charge on any atom is -0.0849 e. The highest BCUT2D eigenvalue weighted by Gasteiger charge is 2.23. The van der Waals surface area contributed by atoms with Crippen LogP contribution in [0.1, 0.15) is 44.5 Å². The molecule has 0 fully saturated rings. The lowest BCUT2D eigenvalue weighted by atomic mass is 9.87. The van der Waals surface area contributed by atoms with E-state index in [1.807, 2.05) is 7.98 Å². The van der Waals surface area contributed by atoms with Crippen molar-refractivity contribution >= 4 is 13.7 Å². The Morgan fingerprint density at radius 2 is 0.952 bits per heavy atom. The fourth-order valence-corrected chi connectivity index (χ4v) is 3.46. The summed E-state index contributed by atoms with van der Waals surface area (Å²) in [6.07, 6.45) is 0. The van der Waals surface area contributed by atoms with Crippen LogP contribution in [0.25, 0.3) is 0 Å². The van der Waals surface area contributed by atoms with E-state index < -0.39 is 0 Å². The fourth-order valence-electron chi connectivity index (χ4n) is 3.46. The van der Waals surface area contributed by atoms with E-state index in [-0.39, 0.29) is 0 Å². The molecule has 0 N–H and O–H groups in total. The molecule has 0 bridgehead atoms. The van der Waals surface area contributed by atoms with Gasteiger partial charge in [-0.05, 0) is 63.8 Å². The van der Waals surface area contributed by atoms with Gasteiger partial charge in [-0.2, -0.15) is 0 Å². The molecule has 0 atom stereocenters. The molecule has 2 aromatic carbocycles. The lowest BCUT2D eigenvalue weighted by Crippen LogP contribution is -2.17. The second kappa shape index (κ2) is 5.89. The van der Waals surface area contributed by atoms with E-state index in [1.165, 1.54) is 44.5 Å². The smallest absolute Gasteiger partial charge is 0.0849 e. The van der Waals surface area contributed by atoms with Crippen molar-refractivity contribution in [3.63, 3.8) is 0 Å². The Labute approximate surface area is 129 Å².